The Balaban J connectivity index is 1.57. The van der Waals surface area contributed by atoms with Crippen molar-refractivity contribution in [2.45, 2.75) is 49.8 Å². The minimum atomic E-state index is -1.04. The second-order valence-electron chi connectivity index (χ2n) is 7.56. The van der Waals surface area contributed by atoms with Gasteiger partial charge in [0.2, 0.25) is 5.91 Å². The third-order valence-electron chi connectivity index (χ3n) is 5.31. The van der Waals surface area contributed by atoms with E-state index in [-0.39, 0.29) is 12.3 Å². The van der Waals surface area contributed by atoms with Gasteiger partial charge in [-0.1, -0.05) is 30.3 Å². The standard InChI is InChI=1S/C20H27N3O3/c21-15-19(8-11-26-12-9-19)22-18(24)13-20(25)7-4-10-23(16-20)14-17-5-2-1-3-6-17/h1-3,5-6,25H,4,7-14,16H2,(H,22,24). The molecule has 6 nitrogen and oxygen atoms in total. The van der Waals surface area contributed by atoms with Crippen molar-refractivity contribution in [3.63, 3.8) is 0 Å². The van der Waals surface area contributed by atoms with E-state index >= 15 is 0 Å². The van der Waals surface area contributed by atoms with E-state index in [0.717, 1.165) is 19.5 Å². The molecule has 1 amide bonds. The summed E-state index contributed by atoms with van der Waals surface area (Å²) < 4.78 is 5.29. The van der Waals surface area contributed by atoms with Crippen molar-refractivity contribution in [1.82, 2.24) is 10.2 Å². The van der Waals surface area contributed by atoms with E-state index in [9.17, 15) is 15.2 Å². The van der Waals surface area contributed by atoms with Crippen LogP contribution < -0.4 is 5.32 Å². The van der Waals surface area contributed by atoms with E-state index < -0.39 is 11.1 Å². The molecule has 0 aromatic heterocycles. The number of likely N-dealkylation sites (tertiary alicyclic amines) is 1. The number of hydrogen-bond donors (Lipinski definition) is 2. The zero-order valence-electron chi connectivity index (χ0n) is 15.1. The van der Waals surface area contributed by atoms with Gasteiger partial charge in [0.1, 0.15) is 5.54 Å². The minimum Gasteiger partial charge on any atom is -0.388 e. The lowest BCUT2D eigenvalue weighted by molar-refractivity contribution is -0.131. The maximum absolute atomic E-state index is 12.5. The highest BCUT2D eigenvalue weighted by molar-refractivity contribution is 5.78. The topological polar surface area (TPSA) is 85.6 Å². The third-order valence-corrected chi connectivity index (χ3v) is 5.31. The largest absolute Gasteiger partial charge is 0.388 e. The number of ether oxygens (including phenoxy) is 1. The molecule has 0 spiro atoms. The zero-order valence-corrected chi connectivity index (χ0v) is 15.1. The number of hydrogen-bond acceptors (Lipinski definition) is 5. The van der Waals surface area contributed by atoms with Crippen molar-refractivity contribution in [2.24, 2.45) is 0 Å². The van der Waals surface area contributed by atoms with Crippen LogP contribution in [0.15, 0.2) is 30.3 Å². The van der Waals surface area contributed by atoms with Gasteiger partial charge in [-0.25, -0.2) is 0 Å². The molecule has 1 aromatic rings. The van der Waals surface area contributed by atoms with Gasteiger partial charge < -0.3 is 15.2 Å². The molecule has 0 saturated carbocycles. The van der Waals surface area contributed by atoms with Crippen molar-refractivity contribution in [3.05, 3.63) is 35.9 Å². The number of nitriles is 1. The molecular formula is C20H27N3O3. The number of β-amino-alcohol motifs (C(OH)–C–C–N with tert-alkyl or cyclic N) is 1. The molecule has 0 bridgehead atoms. The van der Waals surface area contributed by atoms with Crippen LogP contribution in [0.2, 0.25) is 0 Å². The van der Waals surface area contributed by atoms with Crippen LogP contribution in [-0.4, -0.2) is 53.4 Å². The van der Waals surface area contributed by atoms with E-state index in [2.05, 4.69) is 28.4 Å². The summed E-state index contributed by atoms with van der Waals surface area (Å²) in [6.45, 7) is 3.10. The number of nitrogens with zero attached hydrogens (tertiary/aromatic N) is 2. The maximum atomic E-state index is 12.5. The molecule has 2 fully saturated rings. The Morgan fingerprint density at radius 1 is 1.27 bits per heavy atom. The molecule has 0 aliphatic carbocycles. The highest BCUT2D eigenvalue weighted by Gasteiger charge is 2.39. The number of aliphatic hydroxyl groups is 1. The Kier molecular flexibility index (Phi) is 5.92. The fourth-order valence-corrected chi connectivity index (χ4v) is 3.92. The third kappa shape index (κ3) is 4.82. The highest BCUT2D eigenvalue weighted by Crippen LogP contribution is 2.27. The number of benzene rings is 1. The summed E-state index contributed by atoms with van der Waals surface area (Å²) in [6, 6.07) is 12.4. The first kappa shape index (κ1) is 18.8. The van der Waals surface area contributed by atoms with E-state index in [1.807, 2.05) is 18.2 Å². The lowest BCUT2D eigenvalue weighted by atomic mass is 9.87. The van der Waals surface area contributed by atoms with Crippen LogP contribution in [0, 0.1) is 11.3 Å². The Hall–Kier alpha value is -1.94. The molecule has 6 heteroatoms. The predicted octanol–water partition coefficient (Wildman–Crippen LogP) is 1.59. The number of amides is 1. The molecule has 2 saturated heterocycles. The molecule has 140 valence electrons. The lowest BCUT2D eigenvalue weighted by Crippen LogP contribution is -2.55. The number of rotatable bonds is 5. The monoisotopic (exact) mass is 357 g/mol. The van der Waals surface area contributed by atoms with Crippen molar-refractivity contribution in [1.29, 1.82) is 5.26 Å². The summed E-state index contributed by atoms with van der Waals surface area (Å²) in [4.78, 5) is 14.7. The normalized spacial score (nSPS) is 26.0. The van der Waals surface area contributed by atoms with Gasteiger partial charge in [-0.2, -0.15) is 5.26 Å². The van der Waals surface area contributed by atoms with Gasteiger partial charge in [-0.3, -0.25) is 9.69 Å². The van der Waals surface area contributed by atoms with E-state index in [1.165, 1.54) is 5.56 Å². The Bertz CT molecular complexity index is 652. The average molecular weight is 357 g/mol. The van der Waals surface area contributed by atoms with E-state index in [4.69, 9.17) is 4.74 Å². The molecule has 26 heavy (non-hydrogen) atoms. The van der Waals surface area contributed by atoms with Crippen LogP contribution >= 0.6 is 0 Å². The number of carbonyl (C=O) groups is 1. The lowest BCUT2D eigenvalue weighted by Gasteiger charge is -2.40. The van der Waals surface area contributed by atoms with Crippen molar-refractivity contribution in [2.75, 3.05) is 26.3 Å². The van der Waals surface area contributed by atoms with Gasteiger partial charge in [-0.15, -0.1) is 0 Å². The number of nitrogens with one attached hydrogen (secondary N) is 1. The second-order valence-corrected chi connectivity index (χ2v) is 7.56. The molecule has 1 unspecified atom stereocenters. The smallest absolute Gasteiger partial charge is 0.224 e. The molecule has 2 N–H and O–H groups in total. The van der Waals surface area contributed by atoms with Crippen molar-refractivity contribution in [3.8, 4) is 6.07 Å². The van der Waals surface area contributed by atoms with Gasteiger partial charge >= 0.3 is 0 Å². The van der Waals surface area contributed by atoms with Gasteiger partial charge in [0.05, 0.1) is 18.1 Å². The van der Waals surface area contributed by atoms with Crippen LogP contribution in [0.3, 0.4) is 0 Å². The van der Waals surface area contributed by atoms with Gasteiger partial charge in [0, 0.05) is 39.1 Å². The summed E-state index contributed by atoms with van der Waals surface area (Å²) in [7, 11) is 0. The maximum Gasteiger partial charge on any atom is 0.224 e. The molecule has 2 aliphatic rings. The number of piperidine rings is 1. The Morgan fingerprint density at radius 2 is 2.00 bits per heavy atom. The summed E-state index contributed by atoms with van der Waals surface area (Å²) in [6.07, 6.45) is 2.48. The van der Waals surface area contributed by atoms with Gasteiger partial charge in [-0.05, 0) is 24.9 Å². The first-order valence-electron chi connectivity index (χ1n) is 9.31. The van der Waals surface area contributed by atoms with Gasteiger partial charge in [0.15, 0.2) is 0 Å². The first-order chi connectivity index (χ1) is 12.5. The molecular weight excluding hydrogens is 330 g/mol. The minimum absolute atomic E-state index is 0.0303. The molecule has 2 aliphatic heterocycles. The SMILES string of the molecule is N#CC1(NC(=O)CC2(O)CCCN(Cc3ccccc3)C2)CCOCC1. The van der Waals surface area contributed by atoms with Crippen molar-refractivity contribution >= 4 is 5.91 Å². The van der Waals surface area contributed by atoms with Crippen LogP contribution in [-0.2, 0) is 16.1 Å². The summed E-state index contributed by atoms with van der Waals surface area (Å²) in [5, 5.41) is 23.3. The quantitative estimate of drug-likeness (QED) is 0.836. The molecule has 1 atom stereocenters. The predicted molar refractivity (Wildman–Crippen MR) is 97.1 cm³/mol. The molecule has 0 radical (unpaired) electrons. The Labute approximate surface area is 154 Å². The zero-order chi connectivity index (χ0) is 18.5. The fourth-order valence-electron chi connectivity index (χ4n) is 3.92. The van der Waals surface area contributed by atoms with Crippen LogP contribution in [0.25, 0.3) is 0 Å². The van der Waals surface area contributed by atoms with E-state index in [0.29, 0.717) is 39.0 Å². The van der Waals surface area contributed by atoms with Crippen LogP contribution in [0.4, 0.5) is 0 Å². The number of carbonyl (C=O) groups excluding carboxylic acids is 1. The summed E-state index contributed by atoms with van der Waals surface area (Å²) in [5.41, 5.74) is -0.699. The average Bonchev–Trinajstić information content (AvgIpc) is 2.63. The molecule has 1 aromatic carbocycles. The summed E-state index contributed by atoms with van der Waals surface area (Å²) >= 11 is 0. The van der Waals surface area contributed by atoms with Gasteiger partial charge in [0.25, 0.3) is 0 Å². The fraction of sp³-hybridized carbons (Fsp3) is 0.600. The second kappa shape index (κ2) is 8.17. The first-order valence-corrected chi connectivity index (χ1v) is 9.31. The van der Waals surface area contributed by atoms with Crippen LogP contribution in [0.1, 0.15) is 37.7 Å². The molecule has 2 heterocycles. The van der Waals surface area contributed by atoms with Crippen molar-refractivity contribution < 1.29 is 14.6 Å². The van der Waals surface area contributed by atoms with Crippen LogP contribution in [0.5, 0.6) is 0 Å². The Morgan fingerprint density at radius 3 is 2.69 bits per heavy atom. The highest BCUT2D eigenvalue weighted by atomic mass is 16.5. The summed E-state index contributed by atoms with van der Waals surface area (Å²) in [5.74, 6) is -0.252. The van der Waals surface area contributed by atoms with E-state index in [1.54, 1.807) is 0 Å². The molecule has 3 rings (SSSR count).